The minimum absolute atomic E-state index is 0.00694. The Morgan fingerprint density at radius 2 is 1.97 bits per heavy atom. The second kappa shape index (κ2) is 7.77. The molecular weight excluding hydrogens is 402 g/mol. The van der Waals surface area contributed by atoms with Gasteiger partial charge in [0.1, 0.15) is 5.82 Å². The van der Waals surface area contributed by atoms with Gasteiger partial charge in [0.25, 0.3) is 0 Å². The van der Waals surface area contributed by atoms with E-state index in [4.69, 9.17) is 22.1 Å². The summed E-state index contributed by atoms with van der Waals surface area (Å²) in [6.07, 6.45) is 1.79. The molecule has 7 heteroatoms. The van der Waals surface area contributed by atoms with Gasteiger partial charge in [0, 0.05) is 28.4 Å². The van der Waals surface area contributed by atoms with Crippen LogP contribution in [0.25, 0.3) is 0 Å². The highest BCUT2D eigenvalue weighted by molar-refractivity contribution is 6.30. The number of allylic oxidation sites excluding steroid dienone is 3. The lowest BCUT2D eigenvalue weighted by Gasteiger charge is -2.39. The molecule has 0 fully saturated rings. The second-order valence-corrected chi connectivity index (χ2v) is 7.66. The van der Waals surface area contributed by atoms with Crippen LogP contribution in [0.5, 0.6) is 11.5 Å². The number of Topliss-reactive ketones (excluding diaryl/α,β-unsaturated/α-hetero) is 1. The minimum atomic E-state index is -0.615. The Labute approximate surface area is 179 Å². The smallest absolute Gasteiger partial charge is 0.161 e. The number of methoxy groups -OCH3 is 1. The third-order valence-electron chi connectivity index (χ3n) is 5.54. The maximum atomic E-state index is 13.1. The molecular formula is C23H20ClN3O3. The first-order valence-corrected chi connectivity index (χ1v) is 9.92. The fourth-order valence-electron chi connectivity index (χ4n) is 4.18. The van der Waals surface area contributed by atoms with E-state index in [9.17, 15) is 15.2 Å². The van der Waals surface area contributed by atoms with Crippen molar-refractivity contribution in [3.8, 4) is 17.6 Å². The summed E-state index contributed by atoms with van der Waals surface area (Å²) >= 11 is 6.04. The average Bonchev–Trinajstić information content (AvgIpc) is 2.74. The summed E-state index contributed by atoms with van der Waals surface area (Å²) < 4.78 is 5.23. The van der Waals surface area contributed by atoms with Gasteiger partial charge in [-0.2, -0.15) is 5.26 Å². The zero-order chi connectivity index (χ0) is 21.4. The molecule has 0 saturated heterocycles. The average molecular weight is 422 g/mol. The minimum Gasteiger partial charge on any atom is -0.504 e. The molecule has 4 rings (SSSR count). The lowest BCUT2D eigenvalue weighted by molar-refractivity contribution is -0.116. The summed E-state index contributed by atoms with van der Waals surface area (Å²) in [6.45, 7) is 0. The van der Waals surface area contributed by atoms with Crippen LogP contribution in [-0.4, -0.2) is 18.0 Å². The first kappa shape index (κ1) is 19.9. The Morgan fingerprint density at radius 1 is 1.23 bits per heavy atom. The van der Waals surface area contributed by atoms with Crippen molar-refractivity contribution in [2.75, 3.05) is 12.0 Å². The number of benzene rings is 2. The molecule has 1 unspecified atom stereocenters. The molecule has 1 aliphatic heterocycles. The number of nitrogens with two attached hydrogens (primary N) is 1. The Morgan fingerprint density at radius 3 is 2.63 bits per heavy atom. The summed E-state index contributed by atoms with van der Waals surface area (Å²) in [6, 6.07) is 14.2. The van der Waals surface area contributed by atoms with Gasteiger partial charge in [-0.3, -0.25) is 9.69 Å². The lowest BCUT2D eigenvalue weighted by Crippen LogP contribution is -2.38. The summed E-state index contributed by atoms with van der Waals surface area (Å²) in [7, 11) is 1.45. The molecule has 2 aromatic rings. The zero-order valence-electron chi connectivity index (χ0n) is 16.4. The third kappa shape index (κ3) is 3.17. The highest BCUT2D eigenvalue weighted by atomic mass is 35.5. The molecule has 1 heterocycles. The Kier molecular flexibility index (Phi) is 5.15. The van der Waals surface area contributed by atoms with Crippen LogP contribution in [0.3, 0.4) is 0 Å². The van der Waals surface area contributed by atoms with Crippen molar-refractivity contribution in [1.82, 2.24) is 0 Å². The third-order valence-corrected chi connectivity index (χ3v) is 5.79. The number of ether oxygens (including phenoxy) is 1. The SMILES string of the molecule is COc1cc(C2C(C#N)=C(N)N(c3ccc(Cl)cc3)C3=C2C(=O)CCC3)ccc1O. The van der Waals surface area contributed by atoms with E-state index < -0.39 is 5.92 Å². The fraction of sp³-hybridized carbons (Fsp3) is 0.217. The maximum absolute atomic E-state index is 13.1. The number of phenols is 1. The van der Waals surface area contributed by atoms with Crippen LogP contribution < -0.4 is 15.4 Å². The largest absolute Gasteiger partial charge is 0.504 e. The van der Waals surface area contributed by atoms with Gasteiger partial charge in [-0.05, 0) is 54.8 Å². The zero-order valence-corrected chi connectivity index (χ0v) is 17.1. The number of ketones is 1. The quantitative estimate of drug-likeness (QED) is 0.763. The van der Waals surface area contributed by atoms with E-state index in [1.807, 2.05) is 12.1 Å². The number of carbonyl (C=O) groups excluding carboxylic acids is 1. The maximum Gasteiger partial charge on any atom is 0.161 e. The van der Waals surface area contributed by atoms with Crippen molar-refractivity contribution < 1.29 is 14.6 Å². The fourth-order valence-corrected chi connectivity index (χ4v) is 4.30. The standard InChI is InChI=1S/C23H20ClN3O3/c1-30-20-11-13(5-10-18(20)28)21-16(12-25)23(26)27(15-8-6-14(24)7-9-15)17-3-2-4-19(29)22(17)21/h5-11,21,28H,2-4,26H2,1H3. The van der Waals surface area contributed by atoms with Gasteiger partial charge in [-0.15, -0.1) is 0 Å². The molecule has 3 N–H and O–H groups in total. The van der Waals surface area contributed by atoms with E-state index in [0.717, 1.165) is 11.4 Å². The number of hydrogen-bond acceptors (Lipinski definition) is 6. The molecule has 0 radical (unpaired) electrons. The topological polar surface area (TPSA) is 99.6 Å². The van der Waals surface area contributed by atoms with Crippen LogP contribution in [0, 0.1) is 11.3 Å². The number of nitriles is 1. The Bertz CT molecular complexity index is 1130. The van der Waals surface area contributed by atoms with Gasteiger partial charge in [0.2, 0.25) is 0 Å². The lowest BCUT2D eigenvalue weighted by atomic mass is 9.75. The molecule has 0 saturated carbocycles. The monoisotopic (exact) mass is 421 g/mol. The number of phenolic OH excluding ortho intramolecular Hbond substituents is 1. The van der Waals surface area contributed by atoms with Crippen molar-refractivity contribution in [2.24, 2.45) is 5.73 Å². The first-order valence-electron chi connectivity index (χ1n) is 9.54. The molecule has 2 aromatic carbocycles. The van der Waals surface area contributed by atoms with Crippen molar-refractivity contribution >= 4 is 23.1 Å². The molecule has 0 spiro atoms. The molecule has 2 aliphatic rings. The predicted molar refractivity (Wildman–Crippen MR) is 114 cm³/mol. The molecule has 30 heavy (non-hydrogen) atoms. The Balaban J connectivity index is 1.96. The van der Waals surface area contributed by atoms with Crippen LogP contribution in [-0.2, 0) is 4.79 Å². The number of anilines is 1. The van der Waals surface area contributed by atoms with Gasteiger partial charge in [0.15, 0.2) is 17.3 Å². The number of nitrogens with zero attached hydrogens (tertiary/aromatic N) is 2. The van der Waals surface area contributed by atoms with Crippen molar-refractivity contribution in [2.45, 2.75) is 25.2 Å². The molecule has 6 nitrogen and oxygen atoms in total. The van der Waals surface area contributed by atoms with Gasteiger partial charge >= 0.3 is 0 Å². The van der Waals surface area contributed by atoms with E-state index >= 15 is 0 Å². The normalized spacial score (nSPS) is 18.9. The molecule has 0 bridgehead atoms. The molecule has 152 valence electrons. The van der Waals surface area contributed by atoms with Crippen LogP contribution in [0.2, 0.25) is 5.02 Å². The highest BCUT2D eigenvalue weighted by Gasteiger charge is 2.40. The van der Waals surface area contributed by atoms with Crippen LogP contribution in [0.4, 0.5) is 5.69 Å². The molecule has 1 atom stereocenters. The predicted octanol–water partition coefficient (Wildman–Crippen LogP) is 4.36. The van der Waals surface area contributed by atoms with E-state index in [2.05, 4.69) is 6.07 Å². The molecule has 1 aliphatic carbocycles. The number of hydrogen-bond donors (Lipinski definition) is 2. The second-order valence-electron chi connectivity index (χ2n) is 7.22. The van der Waals surface area contributed by atoms with Gasteiger partial charge in [-0.25, -0.2) is 0 Å². The first-order chi connectivity index (χ1) is 14.5. The summed E-state index contributed by atoms with van der Waals surface area (Å²) in [5, 5.41) is 20.6. The number of carbonyl (C=O) groups is 1. The van der Waals surface area contributed by atoms with E-state index in [-0.39, 0.29) is 28.7 Å². The highest BCUT2D eigenvalue weighted by Crippen LogP contribution is 2.47. The molecule has 0 aromatic heterocycles. The van der Waals surface area contributed by atoms with Crippen molar-refractivity contribution in [3.05, 3.63) is 75.7 Å². The number of aromatic hydroxyl groups is 1. The van der Waals surface area contributed by atoms with Crippen LogP contribution >= 0.6 is 11.6 Å². The summed E-state index contributed by atoms with van der Waals surface area (Å²) in [5.74, 6) is -0.0814. The van der Waals surface area contributed by atoms with Gasteiger partial charge in [0.05, 0.1) is 24.7 Å². The van der Waals surface area contributed by atoms with Gasteiger partial charge < -0.3 is 15.6 Å². The summed E-state index contributed by atoms with van der Waals surface area (Å²) in [4.78, 5) is 14.9. The number of rotatable bonds is 3. The summed E-state index contributed by atoms with van der Waals surface area (Å²) in [5.41, 5.74) is 9.56. The van der Waals surface area contributed by atoms with Crippen LogP contribution in [0.1, 0.15) is 30.7 Å². The van der Waals surface area contributed by atoms with Gasteiger partial charge in [-0.1, -0.05) is 17.7 Å². The van der Waals surface area contributed by atoms with E-state index in [0.29, 0.717) is 35.4 Å². The van der Waals surface area contributed by atoms with E-state index in [1.165, 1.54) is 13.2 Å². The molecule has 0 amide bonds. The van der Waals surface area contributed by atoms with E-state index in [1.54, 1.807) is 29.2 Å². The van der Waals surface area contributed by atoms with Crippen molar-refractivity contribution in [3.63, 3.8) is 0 Å². The van der Waals surface area contributed by atoms with Crippen LogP contribution in [0.15, 0.2) is 65.1 Å². The Hall–Kier alpha value is -3.43. The number of halogens is 1. The van der Waals surface area contributed by atoms with Crippen molar-refractivity contribution in [1.29, 1.82) is 5.26 Å².